The Morgan fingerprint density at radius 1 is 1.29 bits per heavy atom. The largest absolute Gasteiger partial charge is 0.380 e. The molecule has 1 N–H and O–H groups in total. The Labute approximate surface area is 129 Å². The number of rotatable bonds is 7. The number of hydrogen-bond donors (Lipinski definition) is 1. The Morgan fingerprint density at radius 3 is 2.67 bits per heavy atom. The molecule has 1 aliphatic heterocycles. The molecule has 0 saturated carbocycles. The number of likely N-dealkylation sites (tertiary alicyclic amines) is 1. The lowest BCUT2D eigenvalue weighted by atomic mass is 10.0. The maximum Gasteiger partial charge on any atom is 0.0698 e. The number of hydrogen-bond acceptors (Lipinski definition) is 3. The van der Waals surface area contributed by atoms with E-state index in [4.69, 9.17) is 4.74 Å². The van der Waals surface area contributed by atoms with E-state index in [2.05, 4.69) is 48.3 Å². The van der Waals surface area contributed by atoms with Crippen LogP contribution in [0.2, 0.25) is 0 Å². The number of aryl methyl sites for hydroxylation is 1. The first-order valence-electron chi connectivity index (χ1n) is 8.34. The van der Waals surface area contributed by atoms with Crippen LogP contribution in [0.5, 0.6) is 0 Å². The van der Waals surface area contributed by atoms with E-state index in [0.29, 0.717) is 12.1 Å². The third-order valence-electron chi connectivity index (χ3n) is 4.48. The third-order valence-corrected chi connectivity index (χ3v) is 4.48. The molecule has 0 amide bonds. The first-order chi connectivity index (χ1) is 10.3. The van der Waals surface area contributed by atoms with Gasteiger partial charge in [0.25, 0.3) is 0 Å². The molecule has 0 bridgehead atoms. The Kier molecular flexibility index (Phi) is 6.68. The van der Waals surface area contributed by atoms with Crippen molar-refractivity contribution in [3.63, 3.8) is 0 Å². The maximum absolute atomic E-state index is 5.54. The maximum atomic E-state index is 5.54. The standard InChI is InChI=1S/C18H30N2O/c1-4-15-8-10-16(11-9-15)18(19-5-2)14-20-12-6-7-17(13-20)21-3/h8-11,17-19H,4-7,12-14H2,1-3H3. The second-order valence-corrected chi connectivity index (χ2v) is 5.96. The minimum Gasteiger partial charge on any atom is -0.380 e. The molecule has 0 radical (unpaired) electrons. The molecule has 0 spiro atoms. The molecule has 2 atom stereocenters. The predicted molar refractivity (Wildman–Crippen MR) is 88.7 cm³/mol. The van der Waals surface area contributed by atoms with Crippen LogP contribution in [-0.4, -0.2) is 44.3 Å². The van der Waals surface area contributed by atoms with Crippen molar-refractivity contribution in [1.29, 1.82) is 0 Å². The second kappa shape index (κ2) is 8.52. The molecule has 2 rings (SSSR count). The zero-order chi connectivity index (χ0) is 15.1. The summed E-state index contributed by atoms with van der Waals surface area (Å²) in [6.07, 6.45) is 3.95. The van der Waals surface area contributed by atoms with E-state index in [-0.39, 0.29) is 0 Å². The summed E-state index contributed by atoms with van der Waals surface area (Å²) in [7, 11) is 1.83. The number of nitrogens with one attached hydrogen (secondary N) is 1. The van der Waals surface area contributed by atoms with Crippen LogP contribution in [-0.2, 0) is 11.2 Å². The van der Waals surface area contributed by atoms with Crippen LogP contribution in [0.4, 0.5) is 0 Å². The number of methoxy groups -OCH3 is 1. The first-order valence-corrected chi connectivity index (χ1v) is 8.34. The summed E-state index contributed by atoms with van der Waals surface area (Å²) in [5.41, 5.74) is 2.81. The molecule has 1 fully saturated rings. The van der Waals surface area contributed by atoms with E-state index >= 15 is 0 Å². The van der Waals surface area contributed by atoms with Gasteiger partial charge in [0, 0.05) is 26.2 Å². The first kappa shape index (κ1) is 16.5. The van der Waals surface area contributed by atoms with Crippen molar-refractivity contribution in [3.8, 4) is 0 Å². The van der Waals surface area contributed by atoms with Gasteiger partial charge in [-0.2, -0.15) is 0 Å². The van der Waals surface area contributed by atoms with Gasteiger partial charge in [0.15, 0.2) is 0 Å². The van der Waals surface area contributed by atoms with E-state index in [1.165, 1.54) is 30.5 Å². The molecule has 0 aliphatic carbocycles. The molecule has 1 saturated heterocycles. The fourth-order valence-electron chi connectivity index (χ4n) is 3.15. The summed E-state index contributed by atoms with van der Waals surface area (Å²) >= 11 is 0. The number of likely N-dealkylation sites (N-methyl/N-ethyl adjacent to an activating group) is 1. The number of piperidine rings is 1. The van der Waals surface area contributed by atoms with Crippen LogP contribution in [0.25, 0.3) is 0 Å². The van der Waals surface area contributed by atoms with Gasteiger partial charge in [0.2, 0.25) is 0 Å². The van der Waals surface area contributed by atoms with Gasteiger partial charge < -0.3 is 10.1 Å². The minimum absolute atomic E-state index is 0.406. The van der Waals surface area contributed by atoms with Crippen LogP contribution in [0.3, 0.4) is 0 Å². The van der Waals surface area contributed by atoms with E-state index in [1.54, 1.807) is 0 Å². The lowest BCUT2D eigenvalue weighted by Gasteiger charge is -2.34. The minimum atomic E-state index is 0.406. The van der Waals surface area contributed by atoms with Crippen molar-refractivity contribution >= 4 is 0 Å². The van der Waals surface area contributed by atoms with Crippen molar-refractivity contribution in [2.45, 2.75) is 45.3 Å². The lowest BCUT2D eigenvalue weighted by Crippen LogP contribution is -2.43. The van der Waals surface area contributed by atoms with E-state index in [1.807, 2.05) is 7.11 Å². The second-order valence-electron chi connectivity index (χ2n) is 5.96. The van der Waals surface area contributed by atoms with Crippen LogP contribution >= 0.6 is 0 Å². The Morgan fingerprint density at radius 2 is 2.05 bits per heavy atom. The average molecular weight is 290 g/mol. The molecule has 1 heterocycles. The van der Waals surface area contributed by atoms with Crippen LogP contribution in [0.1, 0.15) is 43.9 Å². The van der Waals surface area contributed by atoms with Gasteiger partial charge in [-0.15, -0.1) is 0 Å². The molecule has 2 unspecified atom stereocenters. The van der Waals surface area contributed by atoms with Gasteiger partial charge in [-0.05, 0) is 43.5 Å². The Balaban J connectivity index is 2.00. The molecule has 21 heavy (non-hydrogen) atoms. The summed E-state index contributed by atoms with van der Waals surface area (Å²) in [6, 6.07) is 9.49. The average Bonchev–Trinajstić information content (AvgIpc) is 2.55. The van der Waals surface area contributed by atoms with Gasteiger partial charge in [0.05, 0.1) is 6.10 Å². The highest BCUT2D eigenvalue weighted by Crippen LogP contribution is 2.19. The van der Waals surface area contributed by atoms with E-state index < -0.39 is 0 Å². The van der Waals surface area contributed by atoms with Crippen molar-refractivity contribution < 1.29 is 4.74 Å². The van der Waals surface area contributed by atoms with Crippen LogP contribution in [0.15, 0.2) is 24.3 Å². The van der Waals surface area contributed by atoms with Crippen LogP contribution < -0.4 is 5.32 Å². The number of benzene rings is 1. The fraction of sp³-hybridized carbons (Fsp3) is 0.667. The molecular formula is C18H30N2O. The fourth-order valence-corrected chi connectivity index (χ4v) is 3.15. The van der Waals surface area contributed by atoms with Gasteiger partial charge in [-0.1, -0.05) is 38.1 Å². The third kappa shape index (κ3) is 4.80. The zero-order valence-corrected chi connectivity index (χ0v) is 13.8. The summed E-state index contributed by atoms with van der Waals surface area (Å²) in [5.74, 6) is 0. The molecule has 0 aromatic heterocycles. The van der Waals surface area contributed by atoms with Crippen molar-refractivity contribution in [2.24, 2.45) is 0 Å². The van der Waals surface area contributed by atoms with E-state index in [9.17, 15) is 0 Å². The van der Waals surface area contributed by atoms with Crippen molar-refractivity contribution in [2.75, 3.05) is 33.3 Å². The number of ether oxygens (including phenoxy) is 1. The normalized spacial score (nSPS) is 21.4. The number of nitrogens with zero attached hydrogens (tertiary/aromatic N) is 1. The SMILES string of the molecule is CCNC(CN1CCCC(OC)C1)c1ccc(CC)cc1. The predicted octanol–water partition coefficient (Wildman–Crippen LogP) is 3.01. The Bertz CT molecular complexity index is 404. The van der Waals surface area contributed by atoms with Gasteiger partial charge in [0.1, 0.15) is 0 Å². The van der Waals surface area contributed by atoms with E-state index in [0.717, 1.165) is 26.1 Å². The topological polar surface area (TPSA) is 24.5 Å². The molecule has 3 heteroatoms. The molecular weight excluding hydrogens is 260 g/mol. The smallest absolute Gasteiger partial charge is 0.0698 e. The molecule has 118 valence electrons. The molecule has 1 aromatic rings. The monoisotopic (exact) mass is 290 g/mol. The zero-order valence-electron chi connectivity index (χ0n) is 13.8. The quantitative estimate of drug-likeness (QED) is 0.835. The highest BCUT2D eigenvalue weighted by molar-refractivity contribution is 5.25. The highest BCUT2D eigenvalue weighted by atomic mass is 16.5. The molecule has 1 aromatic carbocycles. The molecule has 3 nitrogen and oxygen atoms in total. The Hall–Kier alpha value is -0.900. The lowest BCUT2D eigenvalue weighted by molar-refractivity contribution is 0.0281. The van der Waals surface area contributed by atoms with Gasteiger partial charge in [-0.3, -0.25) is 4.90 Å². The summed E-state index contributed by atoms with van der Waals surface area (Å²) in [4.78, 5) is 2.54. The summed E-state index contributed by atoms with van der Waals surface area (Å²) in [6.45, 7) is 8.71. The van der Waals surface area contributed by atoms with Crippen molar-refractivity contribution in [1.82, 2.24) is 10.2 Å². The summed E-state index contributed by atoms with van der Waals surface area (Å²) in [5, 5.41) is 3.63. The van der Waals surface area contributed by atoms with Gasteiger partial charge in [-0.25, -0.2) is 0 Å². The van der Waals surface area contributed by atoms with Crippen LogP contribution in [0, 0.1) is 0 Å². The summed E-state index contributed by atoms with van der Waals surface area (Å²) < 4.78 is 5.54. The van der Waals surface area contributed by atoms with Crippen molar-refractivity contribution in [3.05, 3.63) is 35.4 Å². The molecule has 1 aliphatic rings. The highest BCUT2D eigenvalue weighted by Gasteiger charge is 2.22. The van der Waals surface area contributed by atoms with Gasteiger partial charge >= 0.3 is 0 Å².